The van der Waals surface area contributed by atoms with E-state index in [0.29, 0.717) is 0 Å². The molecule has 0 saturated heterocycles. The molecule has 0 fully saturated rings. The Morgan fingerprint density at radius 3 is 1.17 bits per heavy atom. The highest BCUT2D eigenvalue weighted by molar-refractivity contribution is 7.46. The molecule has 8 aromatic carbocycles. The lowest BCUT2D eigenvalue weighted by atomic mass is 9.84. The first-order valence-corrected chi connectivity index (χ1v) is 17.4. The topological polar surface area (TPSA) is 0 Å². The first-order chi connectivity index (χ1) is 22.8. The largest absolute Gasteiger partial charge is 0.0936 e. The second-order valence-electron chi connectivity index (χ2n) is 11.8. The zero-order chi connectivity index (χ0) is 30.9. The first kappa shape index (κ1) is 28.2. The number of hydrogen-bond acceptors (Lipinski definition) is 0. The molecule has 0 radical (unpaired) electrons. The van der Waals surface area contributed by atoms with Crippen LogP contribution in [0.15, 0.2) is 176 Å². The van der Waals surface area contributed by atoms with Crippen LogP contribution in [0.25, 0.3) is 77.2 Å². The van der Waals surface area contributed by atoms with Crippen molar-refractivity contribution < 1.29 is 0 Å². The second kappa shape index (κ2) is 12.2. The van der Waals surface area contributed by atoms with Crippen molar-refractivity contribution in [1.29, 1.82) is 0 Å². The summed E-state index contributed by atoms with van der Waals surface area (Å²) in [7, 11) is 0.779. The third-order valence-electron chi connectivity index (χ3n) is 9.00. The van der Waals surface area contributed by atoms with Gasteiger partial charge in [0.2, 0.25) is 0 Å². The molecule has 1 unspecified atom stereocenters. The third kappa shape index (κ3) is 5.22. The number of hydrogen-bond donors (Lipinski definition) is 0. The van der Waals surface area contributed by atoms with Gasteiger partial charge in [-0.15, -0.1) is 0 Å². The lowest BCUT2D eigenvalue weighted by molar-refractivity contribution is 1.58. The van der Waals surface area contributed by atoms with E-state index in [-0.39, 0.29) is 0 Å². The Morgan fingerprint density at radius 1 is 0.283 bits per heavy atom. The van der Waals surface area contributed by atoms with Crippen molar-refractivity contribution in [2.45, 2.75) is 0 Å². The lowest BCUT2D eigenvalue weighted by Gasteiger charge is -2.19. The normalized spacial score (nSPS) is 11.5. The van der Waals surface area contributed by atoms with Crippen LogP contribution in [0, 0.1) is 0 Å². The molecule has 0 aliphatic rings. The van der Waals surface area contributed by atoms with Gasteiger partial charge in [-0.2, -0.15) is 0 Å². The van der Waals surface area contributed by atoms with Crippen LogP contribution in [-0.2, 0) is 0 Å². The van der Waals surface area contributed by atoms with Gasteiger partial charge in [0.15, 0.2) is 0 Å². The Bertz CT molecular complexity index is 2220. The molecule has 1 atom stereocenters. The van der Waals surface area contributed by atoms with Crippen molar-refractivity contribution in [2.75, 3.05) is 6.66 Å². The summed E-state index contributed by atoms with van der Waals surface area (Å²) in [6.45, 7) is 2.24. The molecule has 1 heteroatoms. The van der Waals surface area contributed by atoms with Gasteiger partial charge < -0.3 is 0 Å². The fraction of sp³-hybridized carbons (Fsp3) is 0.0222. The van der Waals surface area contributed by atoms with E-state index in [9.17, 15) is 0 Å². The summed E-state index contributed by atoms with van der Waals surface area (Å²) in [6.07, 6.45) is 0. The smallest absolute Gasteiger partial charge is 0.00259 e. The van der Waals surface area contributed by atoms with Gasteiger partial charge in [0.1, 0.15) is 0 Å². The summed E-state index contributed by atoms with van der Waals surface area (Å²) in [6, 6.07) is 64.5. The van der Waals surface area contributed by atoms with E-state index >= 15 is 0 Å². The van der Waals surface area contributed by atoms with Crippen molar-refractivity contribution in [3.63, 3.8) is 0 Å². The molecule has 46 heavy (non-hydrogen) atoms. The van der Waals surface area contributed by atoms with E-state index in [2.05, 4.69) is 183 Å². The summed E-state index contributed by atoms with van der Waals surface area (Å²) in [5, 5.41) is 6.45. The predicted octanol–water partition coefficient (Wildman–Crippen LogP) is 12.3. The van der Waals surface area contributed by atoms with Gasteiger partial charge in [-0.25, -0.2) is 0 Å². The fourth-order valence-electron chi connectivity index (χ4n) is 6.83. The molecule has 218 valence electrons. The SMILES string of the molecule is CPc1cccc(-c2cccc(-c3c4ccccc4c(-c4cc(-c5ccccc5)cc(-c5ccccc5)c4)c4ccccc34)c2)c1. The van der Waals surface area contributed by atoms with Crippen LogP contribution in [0.5, 0.6) is 0 Å². The Kier molecular flexibility index (Phi) is 7.51. The first-order valence-electron chi connectivity index (χ1n) is 15.9. The molecule has 0 aliphatic heterocycles. The van der Waals surface area contributed by atoms with E-state index in [1.807, 2.05) is 0 Å². The zero-order valence-corrected chi connectivity index (χ0v) is 26.7. The van der Waals surface area contributed by atoms with Crippen LogP contribution in [0.3, 0.4) is 0 Å². The highest BCUT2D eigenvalue weighted by Crippen LogP contribution is 2.45. The van der Waals surface area contributed by atoms with Gasteiger partial charge in [0.25, 0.3) is 0 Å². The second-order valence-corrected chi connectivity index (χ2v) is 12.9. The van der Waals surface area contributed by atoms with Gasteiger partial charge in [-0.1, -0.05) is 154 Å². The third-order valence-corrected chi connectivity index (χ3v) is 9.89. The molecule has 0 aliphatic carbocycles. The van der Waals surface area contributed by atoms with Gasteiger partial charge >= 0.3 is 0 Å². The Balaban J connectivity index is 1.41. The minimum Gasteiger partial charge on any atom is -0.0936 e. The zero-order valence-electron chi connectivity index (χ0n) is 25.7. The van der Waals surface area contributed by atoms with E-state index in [0.717, 1.165) is 8.58 Å². The minimum absolute atomic E-state index is 0.779. The van der Waals surface area contributed by atoms with Gasteiger partial charge in [-0.3, -0.25) is 0 Å². The average molecular weight is 605 g/mol. The van der Waals surface area contributed by atoms with Crippen molar-refractivity contribution in [2.24, 2.45) is 0 Å². The molecular formula is C45H33P. The predicted molar refractivity (Wildman–Crippen MR) is 203 cm³/mol. The van der Waals surface area contributed by atoms with Crippen molar-refractivity contribution in [3.05, 3.63) is 176 Å². The minimum atomic E-state index is 0.779. The van der Waals surface area contributed by atoms with Crippen molar-refractivity contribution >= 4 is 35.4 Å². The summed E-state index contributed by atoms with van der Waals surface area (Å²) in [5.41, 5.74) is 12.4. The summed E-state index contributed by atoms with van der Waals surface area (Å²) < 4.78 is 0. The molecule has 0 saturated carbocycles. The number of fused-ring (bicyclic) bond motifs is 2. The Labute approximate surface area is 272 Å². The van der Waals surface area contributed by atoms with Crippen LogP contribution < -0.4 is 5.30 Å². The molecular weight excluding hydrogens is 571 g/mol. The monoisotopic (exact) mass is 604 g/mol. The Morgan fingerprint density at radius 2 is 0.652 bits per heavy atom. The molecule has 0 bridgehead atoms. The Hall–Kier alpha value is -5.29. The van der Waals surface area contributed by atoms with Crippen LogP contribution in [-0.4, -0.2) is 6.66 Å². The van der Waals surface area contributed by atoms with E-state index in [1.54, 1.807) is 0 Å². The van der Waals surface area contributed by atoms with E-state index in [1.165, 1.54) is 82.5 Å². The summed E-state index contributed by atoms with van der Waals surface area (Å²) in [5.74, 6) is 0. The molecule has 0 aromatic heterocycles. The summed E-state index contributed by atoms with van der Waals surface area (Å²) in [4.78, 5) is 0. The maximum absolute atomic E-state index is 2.37. The van der Waals surface area contributed by atoms with Crippen molar-refractivity contribution in [1.82, 2.24) is 0 Å². The molecule has 0 nitrogen and oxygen atoms in total. The molecule has 0 spiro atoms. The maximum Gasteiger partial charge on any atom is -0.00259 e. The molecule has 0 amide bonds. The molecule has 8 aromatic rings. The standard InChI is InChI=1S/C45H33P/c1-46-39-21-13-19-34(30-39)33-18-12-20-35(26-33)44-40-22-8-10-24-42(40)45(43-25-11-9-23-41(43)44)38-28-36(31-14-4-2-5-15-31)27-37(29-38)32-16-6-3-7-17-32/h2-30,46H,1H3. The van der Waals surface area contributed by atoms with Gasteiger partial charge in [0, 0.05) is 0 Å². The molecule has 8 rings (SSSR count). The van der Waals surface area contributed by atoms with Crippen LogP contribution in [0.2, 0.25) is 0 Å². The molecule has 0 N–H and O–H groups in total. The van der Waals surface area contributed by atoms with E-state index in [4.69, 9.17) is 0 Å². The highest BCUT2D eigenvalue weighted by atomic mass is 31.1. The average Bonchev–Trinajstić information content (AvgIpc) is 3.14. The number of benzene rings is 8. The highest BCUT2D eigenvalue weighted by Gasteiger charge is 2.18. The quantitative estimate of drug-likeness (QED) is 0.131. The van der Waals surface area contributed by atoms with E-state index < -0.39 is 0 Å². The lowest BCUT2D eigenvalue weighted by Crippen LogP contribution is -1.94. The van der Waals surface area contributed by atoms with Gasteiger partial charge in [-0.05, 0) is 119 Å². The maximum atomic E-state index is 2.37. The summed E-state index contributed by atoms with van der Waals surface area (Å²) >= 11 is 0. The van der Waals surface area contributed by atoms with Crippen LogP contribution in [0.4, 0.5) is 0 Å². The van der Waals surface area contributed by atoms with Crippen LogP contribution in [0.1, 0.15) is 0 Å². The van der Waals surface area contributed by atoms with Gasteiger partial charge in [0.05, 0.1) is 0 Å². The number of rotatable bonds is 6. The van der Waals surface area contributed by atoms with Crippen molar-refractivity contribution in [3.8, 4) is 55.6 Å². The van der Waals surface area contributed by atoms with Crippen LogP contribution >= 0.6 is 8.58 Å². The molecule has 0 heterocycles. The fourth-order valence-corrected chi connectivity index (χ4v) is 7.39.